The van der Waals surface area contributed by atoms with E-state index < -0.39 is 0 Å². The van der Waals surface area contributed by atoms with Gasteiger partial charge in [-0.1, -0.05) is 13.8 Å². The average molecular weight is 247 g/mol. The van der Waals surface area contributed by atoms with Crippen molar-refractivity contribution in [1.82, 2.24) is 5.32 Å². The van der Waals surface area contributed by atoms with Crippen LogP contribution in [0.5, 0.6) is 0 Å². The fourth-order valence-electron chi connectivity index (χ4n) is 1.29. The molecule has 0 amide bonds. The molecular formula is C13H29NO3. The normalized spacial score (nSPS) is 14.3. The van der Waals surface area contributed by atoms with Crippen LogP contribution in [0, 0.1) is 0 Å². The van der Waals surface area contributed by atoms with Gasteiger partial charge in [0.25, 0.3) is 0 Å². The summed E-state index contributed by atoms with van der Waals surface area (Å²) in [4.78, 5) is 0. The highest BCUT2D eigenvalue weighted by atomic mass is 16.5. The van der Waals surface area contributed by atoms with Gasteiger partial charge in [0.15, 0.2) is 0 Å². The first-order chi connectivity index (χ1) is 7.91. The smallest absolute Gasteiger partial charge is 0.0932 e. The Bertz CT molecular complexity index is 184. The van der Waals surface area contributed by atoms with Gasteiger partial charge < -0.3 is 19.5 Å². The lowest BCUT2D eigenvalue weighted by atomic mass is 10.1. The van der Waals surface area contributed by atoms with Gasteiger partial charge in [0.05, 0.1) is 18.3 Å². The molecule has 0 aromatic heterocycles. The molecule has 104 valence electrons. The fraction of sp³-hybridized carbons (Fsp3) is 1.00. The fourth-order valence-corrected chi connectivity index (χ4v) is 1.29. The van der Waals surface area contributed by atoms with Crippen LogP contribution in [0.1, 0.15) is 34.1 Å². The maximum atomic E-state index is 5.80. The molecule has 0 saturated carbocycles. The van der Waals surface area contributed by atoms with E-state index in [-0.39, 0.29) is 11.7 Å². The first kappa shape index (κ1) is 16.8. The Labute approximate surface area is 106 Å². The predicted molar refractivity (Wildman–Crippen MR) is 70.5 cm³/mol. The molecule has 1 N–H and O–H groups in total. The minimum absolute atomic E-state index is 0.107. The third-order valence-electron chi connectivity index (χ3n) is 2.72. The lowest BCUT2D eigenvalue weighted by molar-refractivity contribution is -0.0436. The van der Waals surface area contributed by atoms with Crippen LogP contribution in [0.25, 0.3) is 0 Å². The first-order valence-corrected chi connectivity index (χ1v) is 6.30. The van der Waals surface area contributed by atoms with Crippen molar-refractivity contribution in [2.75, 3.05) is 34.0 Å². The summed E-state index contributed by atoms with van der Waals surface area (Å²) in [5.41, 5.74) is -0.122. The van der Waals surface area contributed by atoms with Gasteiger partial charge in [0.1, 0.15) is 0 Å². The van der Waals surface area contributed by atoms with E-state index in [1.165, 1.54) is 0 Å². The van der Waals surface area contributed by atoms with Crippen molar-refractivity contribution in [2.45, 2.75) is 51.9 Å². The van der Waals surface area contributed by atoms with Gasteiger partial charge in [-0.2, -0.15) is 0 Å². The van der Waals surface area contributed by atoms with Crippen LogP contribution in [-0.4, -0.2) is 51.7 Å². The first-order valence-electron chi connectivity index (χ1n) is 6.30. The van der Waals surface area contributed by atoms with Gasteiger partial charge in [-0.15, -0.1) is 0 Å². The lowest BCUT2D eigenvalue weighted by Crippen LogP contribution is -2.37. The molecule has 0 rings (SSSR count). The summed E-state index contributed by atoms with van der Waals surface area (Å²) < 4.78 is 16.3. The number of ether oxygens (including phenoxy) is 3. The van der Waals surface area contributed by atoms with Crippen LogP contribution < -0.4 is 5.32 Å². The van der Waals surface area contributed by atoms with Crippen LogP contribution in [-0.2, 0) is 14.2 Å². The van der Waals surface area contributed by atoms with E-state index in [2.05, 4.69) is 33.0 Å². The standard InChI is InChI=1S/C13H29NO3/c1-11(2)14-9-12(10-15-5)17-8-7-13(3,4)16-6/h11-12,14H,7-10H2,1-6H3. The van der Waals surface area contributed by atoms with E-state index in [9.17, 15) is 0 Å². The summed E-state index contributed by atoms with van der Waals surface area (Å²) in [6, 6.07) is 0.466. The summed E-state index contributed by atoms with van der Waals surface area (Å²) in [5.74, 6) is 0. The van der Waals surface area contributed by atoms with Gasteiger partial charge in [-0.25, -0.2) is 0 Å². The molecule has 0 aromatic rings. The maximum absolute atomic E-state index is 5.80. The zero-order valence-corrected chi connectivity index (χ0v) is 12.2. The molecule has 0 saturated heterocycles. The van der Waals surface area contributed by atoms with Crippen LogP contribution in [0.4, 0.5) is 0 Å². The Morgan fingerprint density at radius 1 is 1.18 bits per heavy atom. The van der Waals surface area contributed by atoms with Crippen LogP contribution in [0.2, 0.25) is 0 Å². The van der Waals surface area contributed by atoms with Gasteiger partial charge in [0.2, 0.25) is 0 Å². The molecule has 0 aliphatic carbocycles. The second-order valence-corrected chi connectivity index (χ2v) is 5.22. The summed E-state index contributed by atoms with van der Waals surface area (Å²) in [5, 5.41) is 3.36. The molecule has 4 heteroatoms. The molecule has 0 bridgehead atoms. The SMILES string of the molecule is COCC(CNC(C)C)OCCC(C)(C)OC. The molecule has 0 aliphatic rings. The highest BCUT2D eigenvalue weighted by molar-refractivity contribution is 4.69. The molecule has 0 heterocycles. The van der Waals surface area contributed by atoms with E-state index in [1.807, 2.05) is 0 Å². The molecule has 0 aliphatic heterocycles. The number of rotatable bonds is 10. The summed E-state index contributed by atoms with van der Waals surface area (Å²) >= 11 is 0. The zero-order valence-electron chi connectivity index (χ0n) is 12.2. The molecule has 0 aromatic carbocycles. The Hall–Kier alpha value is -0.160. The molecule has 4 nitrogen and oxygen atoms in total. The van der Waals surface area contributed by atoms with Crippen molar-refractivity contribution in [2.24, 2.45) is 0 Å². The Morgan fingerprint density at radius 2 is 1.82 bits per heavy atom. The van der Waals surface area contributed by atoms with Gasteiger partial charge >= 0.3 is 0 Å². The second kappa shape index (κ2) is 8.86. The zero-order chi connectivity index (χ0) is 13.3. The molecule has 0 fully saturated rings. The van der Waals surface area contributed by atoms with Gasteiger partial charge in [-0.05, 0) is 20.3 Å². The average Bonchev–Trinajstić information content (AvgIpc) is 2.25. The largest absolute Gasteiger partial charge is 0.382 e. The molecule has 0 spiro atoms. The molecular weight excluding hydrogens is 218 g/mol. The highest BCUT2D eigenvalue weighted by Gasteiger charge is 2.17. The molecule has 1 unspecified atom stereocenters. The van der Waals surface area contributed by atoms with Crippen LogP contribution >= 0.6 is 0 Å². The maximum Gasteiger partial charge on any atom is 0.0932 e. The number of methoxy groups -OCH3 is 2. The van der Waals surface area contributed by atoms with E-state index in [0.29, 0.717) is 19.3 Å². The third-order valence-corrected chi connectivity index (χ3v) is 2.72. The van der Waals surface area contributed by atoms with Gasteiger partial charge in [0, 0.05) is 33.4 Å². The Kier molecular flexibility index (Phi) is 8.78. The number of nitrogens with one attached hydrogen (secondary N) is 1. The number of hydrogen-bond donors (Lipinski definition) is 1. The van der Waals surface area contributed by atoms with Crippen molar-refractivity contribution in [3.63, 3.8) is 0 Å². The topological polar surface area (TPSA) is 39.7 Å². The van der Waals surface area contributed by atoms with Crippen molar-refractivity contribution >= 4 is 0 Å². The minimum atomic E-state index is -0.122. The van der Waals surface area contributed by atoms with Crippen LogP contribution in [0.3, 0.4) is 0 Å². The van der Waals surface area contributed by atoms with E-state index in [1.54, 1.807) is 14.2 Å². The molecule has 17 heavy (non-hydrogen) atoms. The van der Waals surface area contributed by atoms with E-state index in [0.717, 1.165) is 13.0 Å². The van der Waals surface area contributed by atoms with Crippen LogP contribution in [0.15, 0.2) is 0 Å². The second-order valence-electron chi connectivity index (χ2n) is 5.22. The lowest BCUT2D eigenvalue weighted by Gasteiger charge is -2.25. The number of hydrogen-bond acceptors (Lipinski definition) is 4. The molecule has 0 radical (unpaired) electrons. The monoisotopic (exact) mass is 247 g/mol. The summed E-state index contributed by atoms with van der Waals surface area (Å²) in [6.45, 7) is 10.5. The van der Waals surface area contributed by atoms with Crippen molar-refractivity contribution in [1.29, 1.82) is 0 Å². The summed E-state index contributed by atoms with van der Waals surface area (Å²) in [6.07, 6.45) is 0.987. The predicted octanol–water partition coefficient (Wildman–Crippen LogP) is 1.83. The van der Waals surface area contributed by atoms with Crippen molar-refractivity contribution < 1.29 is 14.2 Å². The summed E-state index contributed by atoms with van der Waals surface area (Å²) in [7, 11) is 3.43. The van der Waals surface area contributed by atoms with Crippen molar-refractivity contribution in [3.05, 3.63) is 0 Å². The minimum Gasteiger partial charge on any atom is -0.382 e. The Balaban J connectivity index is 3.84. The molecule has 1 atom stereocenters. The van der Waals surface area contributed by atoms with Crippen molar-refractivity contribution in [3.8, 4) is 0 Å². The highest BCUT2D eigenvalue weighted by Crippen LogP contribution is 2.13. The van der Waals surface area contributed by atoms with E-state index >= 15 is 0 Å². The Morgan fingerprint density at radius 3 is 2.29 bits per heavy atom. The van der Waals surface area contributed by atoms with E-state index in [4.69, 9.17) is 14.2 Å². The van der Waals surface area contributed by atoms with Gasteiger partial charge in [-0.3, -0.25) is 0 Å². The third kappa shape index (κ3) is 9.53. The quantitative estimate of drug-likeness (QED) is 0.639.